The second-order valence-corrected chi connectivity index (χ2v) is 5.15. The molecule has 2 rings (SSSR count). The lowest BCUT2D eigenvalue weighted by molar-refractivity contribution is -0.145. The minimum absolute atomic E-state index is 0.292. The van der Waals surface area contributed by atoms with Crippen molar-refractivity contribution in [2.24, 2.45) is 0 Å². The van der Waals surface area contributed by atoms with Gasteiger partial charge >= 0.3 is 5.97 Å². The molecule has 98 valence electrons. The van der Waals surface area contributed by atoms with Crippen molar-refractivity contribution in [3.8, 4) is 0 Å². The molecule has 0 spiro atoms. The number of hydrogen-bond donors (Lipinski definition) is 2. The molecular weight excluding hydrogens is 228 g/mol. The topological polar surface area (TPSA) is 62.2 Å². The van der Waals surface area contributed by atoms with Crippen LogP contribution in [0.3, 0.4) is 0 Å². The number of aliphatic carboxylic acids is 1. The first-order valence-corrected chi connectivity index (χ1v) is 6.54. The summed E-state index contributed by atoms with van der Waals surface area (Å²) < 4.78 is 0. The normalized spacial score (nSPS) is 20.3. The Labute approximate surface area is 107 Å². The zero-order chi connectivity index (χ0) is 13.0. The van der Waals surface area contributed by atoms with Crippen LogP contribution >= 0.6 is 0 Å². The summed E-state index contributed by atoms with van der Waals surface area (Å²) in [6, 6.07) is 3.88. The zero-order valence-electron chi connectivity index (χ0n) is 10.7. The first kappa shape index (κ1) is 13.0. The Morgan fingerprint density at radius 3 is 2.72 bits per heavy atom. The van der Waals surface area contributed by atoms with Gasteiger partial charge in [0, 0.05) is 24.0 Å². The number of aromatic nitrogens is 1. The maximum Gasteiger partial charge on any atom is 0.328 e. The van der Waals surface area contributed by atoms with Crippen LogP contribution in [-0.2, 0) is 10.3 Å². The molecule has 0 aromatic carbocycles. The standard InChI is InChI=1S/C14H20N2O2/c1-14(13(17)18,11-6-5-9-15-10-11)16-12-7-3-2-4-8-12/h5-6,9-10,12,16H,2-4,7-8H2,1H3,(H,17,18). The number of carboxylic acids is 1. The quantitative estimate of drug-likeness (QED) is 0.858. The Morgan fingerprint density at radius 2 is 2.17 bits per heavy atom. The molecule has 1 aromatic heterocycles. The molecule has 1 saturated carbocycles. The molecular formula is C14H20N2O2. The maximum atomic E-state index is 11.6. The van der Waals surface area contributed by atoms with Crippen molar-refractivity contribution in [1.82, 2.24) is 10.3 Å². The number of carbonyl (C=O) groups is 1. The molecule has 1 heterocycles. The van der Waals surface area contributed by atoms with E-state index in [1.54, 1.807) is 25.4 Å². The van der Waals surface area contributed by atoms with E-state index in [1.807, 2.05) is 6.07 Å². The minimum atomic E-state index is -1.05. The highest BCUT2D eigenvalue weighted by Crippen LogP contribution is 2.25. The molecule has 0 saturated heterocycles. The SMILES string of the molecule is CC(NC1CCCCC1)(C(=O)O)c1cccnc1. The van der Waals surface area contributed by atoms with Gasteiger partial charge in [-0.15, -0.1) is 0 Å². The van der Waals surface area contributed by atoms with E-state index in [2.05, 4.69) is 10.3 Å². The summed E-state index contributed by atoms with van der Waals surface area (Å²) in [7, 11) is 0. The molecule has 0 amide bonds. The van der Waals surface area contributed by atoms with E-state index in [0.29, 0.717) is 11.6 Å². The lowest BCUT2D eigenvalue weighted by Gasteiger charge is -2.33. The number of nitrogens with one attached hydrogen (secondary N) is 1. The Morgan fingerprint density at radius 1 is 1.44 bits per heavy atom. The fraction of sp³-hybridized carbons (Fsp3) is 0.571. The summed E-state index contributed by atoms with van der Waals surface area (Å²) in [6.45, 7) is 1.72. The van der Waals surface area contributed by atoms with Crippen molar-refractivity contribution in [2.45, 2.75) is 50.6 Å². The van der Waals surface area contributed by atoms with Crippen LogP contribution in [0.1, 0.15) is 44.6 Å². The first-order chi connectivity index (χ1) is 8.63. The van der Waals surface area contributed by atoms with E-state index in [0.717, 1.165) is 12.8 Å². The molecule has 1 fully saturated rings. The number of nitrogens with zero attached hydrogens (tertiary/aromatic N) is 1. The monoisotopic (exact) mass is 248 g/mol. The molecule has 0 radical (unpaired) electrons. The van der Waals surface area contributed by atoms with Crippen LogP contribution in [0, 0.1) is 0 Å². The van der Waals surface area contributed by atoms with Gasteiger partial charge in [0.05, 0.1) is 0 Å². The van der Waals surface area contributed by atoms with Crippen LogP contribution in [0.15, 0.2) is 24.5 Å². The van der Waals surface area contributed by atoms with Gasteiger partial charge in [-0.25, -0.2) is 4.79 Å². The van der Waals surface area contributed by atoms with Crippen LogP contribution in [0.4, 0.5) is 0 Å². The van der Waals surface area contributed by atoms with E-state index >= 15 is 0 Å². The fourth-order valence-corrected chi connectivity index (χ4v) is 2.58. The van der Waals surface area contributed by atoms with Crippen molar-refractivity contribution in [2.75, 3.05) is 0 Å². The Balaban J connectivity index is 2.19. The van der Waals surface area contributed by atoms with Gasteiger partial charge in [-0.1, -0.05) is 25.3 Å². The Kier molecular flexibility index (Phi) is 3.97. The summed E-state index contributed by atoms with van der Waals surface area (Å²) in [5.41, 5.74) is -0.334. The molecule has 1 aliphatic carbocycles. The predicted molar refractivity (Wildman–Crippen MR) is 69.2 cm³/mol. The van der Waals surface area contributed by atoms with Crippen molar-refractivity contribution in [1.29, 1.82) is 0 Å². The summed E-state index contributed by atoms with van der Waals surface area (Å²) in [5.74, 6) is -0.846. The van der Waals surface area contributed by atoms with E-state index in [4.69, 9.17) is 0 Å². The van der Waals surface area contributed by atoms with Gasteiger partial charge in [0.2, 0.25) is 0 Å². The minimum Gasteiger partial charge on any atom is -0.480 e. The maximum absolute atomic E-state index is 11.6. The highest BCUT2D eigenvalue weighted by molar-refractivity contribution is 5.80. The van der Waals surface area contributed by atoms with Gasteiger partial charge < -0.3 is 5.11 Å². The third-order valence-corrected chi connectivity index (χ3v) is 3.76. The zero-order valence-corrected chi connectivity index (χ0v) is 10.7. The smallest absolute Gasteiger partial charge is 0.328 e. The number of carboxylic acid groups (broad SMARTS) is 1. The lowest BCUT2D eigenvalue weighted by atomic mass is 9.88. The molecule has 0 aliphatic heterocycles. The summed E-state index contributed by atoms with van der Waals surface area (Å²) in [4.78, 5) is 15.6. The average Bonchev–Trinajstić information content (AvgIpc) is 2.40. The molecule has 4 nitrogen and oxygen atoms in total. The van der Waals surface area contributed by atoms with Gasteiger partial charge in [-0.3, -0.25) is 10.3 Å². The second-order valence-electron chi connectivity index (χ2n) is 5.15. The fourth-order valence-electron chi connectivity index (χ4n) is 2.58. The van der Waals surface area contributed by atoms with Gasteiger partial charge in [0.15, 0.2) is 0 Å². The molecule has 4 heteroatoms. The van der Waals surface area contributed by atoms with Crippen LogP contribution in [0.5, 0.6) is 0 Å². The van der Waals surface area contributed by atoms with Crippen LogP contribution in [0.2, 0.25) is 0 Å². The average molecular weight is 248 g/mol. The molecule has 1 atom stereocenters. The Hall–Kier alpha value is -1.42. The third-order valence-electron chi connectivity index (χ3n) is 3.76. The number of pyridine rings is 1. The van der Waals surface area contributed by atoms with Crippen molar-refractivity contribution >= 4 is 5.97 Å². The van der Waals surface area contributed by atoms with Gasteiger partial charge in [-0.2, -0.15) is 0 Å². The van der Waals surface area contributed by atoms with Crippen molar-refractivity contribution < 1.29 is 9.90 Å². The molecule has 2 N–H and O–H groups in total. The third kappa shape index (κ3) is 2.70. The largest absolute Gasteiger partial charge is 0.480 e. The predicted octanol–water partition coefficient (Wildman–Crippen LogP) is 2.30. The molecule has 0 bridgehead atoms. The summed E-state index contributed by atoms with van der Waals surface area (Å²) >= 11 is 0. The summed E-state index contributed by atoms with van der Waals surface area (Å²) in [5, 5.41) is 12.8. The van der Waals surface area contributed by atoms with E-state index in [-0.39, 0.29) is 0 Å². The number of hydrogen-bond acceptors (Lipinski definition) is 3. The molecule has 18 heavy (non-hydrogen) atoms. The highest BCUT2D eigenvalue weighted by Gasteiger charge is 2.37. The second kappa shape index (κ2) is 5.48. The summed E-state index contributed by atoms with van der Waals surface area (Å²) in [6.07, 6.45) is 9.03. The van der Waals surface area contributed by atoms with E-state index in [1.165, 1.54) is 19.3 Å². The van der Waals surface area contributed by atoms with Gasteiger partial charge in [-0.05, 0) is 25.8 Å². The molecule has 1 aliphatic rings. The number of rotatable bonds is 4. The van der Waals surface area contributed by atoms with Crippen molar-refractivity contribution in [3.05, 3.63) is 30.1 Å². The van der Waals surface area contributed by atoms with Gasteiger partial charge in [0.25, 0.3) is 0 Å². The molecule has 1 aromatic rings. The van der Waals surface area contributed by atoms with Crippen LogP contribution in [-0.4, -0.2) is 22.1 Å². The van der Waals surface area contributed by atoms with Crippen LogP contribution in [0.25, 0.3) is 0 Å². The molecule has 1 unspecified atom stereocenters. The lowest BCUT2D eigenvalue weighted by Crippen LogP contribution is -2.51. The van der Waals surface area contributed by atoms with Crippen LogP contribution < -0.4 is 5.32 Å². The highest BCUT2D eigenvalue weighted by atomic mass is 16.4. The van der Waals surface area contributed by atoms with Crippen molar-refractivity contribution in [3.63, 3.8) is 0 Å². The van der Waals surface area contributed by atoms with E-state index in [9.17, 15) is 9.90 Å². The first-order valence-electron chi connectivity index (χ1n) is 6.54. The Bertz CT molecular complexity index is 402. The van der Waals surface area contributed by atoms with E-state index < -0.39 is 11.5 Å². The van der Waals surface area contributed by atoms with Gasteiger partial charge in [0.1, 0.15) is 5.54 Å².